The molecule has 0 spiro atoms. The lowest BCUT2D eigenvalue weighted by atomic mass is 10.1. The fourth-order valence-corrected chi connectivity index (χ4v) is 3.39. The maximum Gasteiger partial charge on any atom is 0.244 e. The molecule has 1 N–H and O–H groups in total. The molecule has 0 heterocycles. The molecule has 2 aromatic carbocycles. The molecule has 0 bridgehead atoms. The topological polar surface area (TPSA) is 49.4 Å². The number of para-hydroxylation sites is 1. The van der Waals surface area contributed by atoms with Crippen molar-refractivity contribution >= 4 is 56.6 Å². The molecule has 0 fully saturated rings. The Morgan fingerprint density at radius 1 is 1.12 bits per heavy atom. The smallest absolute Gasteiger partial charge is 0.244 e. The number of aryl methyl sites for hydroxylation is 1. The summed E-state index contributed by atoms with van der Waals surface area (Å²) in [6.07, 6.45) is 0.956. The van der Waals surface area contributed by atoms with E-state index in [1.165, 1.54) is 4.90 Å². The van der Waals surface area contributed by atoms with Crippen LogP contribution in [0.25, 0.3) is 0 Å². The number of hydrogen-bond acceptors (Lipinski definition) is 2. The van der Waals surface area contributed by atoms with Crippen LogP contribution in [0.15, 0.2) is 46.9 Å². The number of nitrogens with one attached hydrogen (secondary N) is 1. The van der Waals surface area contributed by atoms with E-state index in [0.717, 1.165) is 10.0 Å². The van der Waals surface area contributed by atoms with Crippen LogP contribution >= 0.6 is 39.1 Å². The maximum absolute atomic E-state index is 12.4. The third-order valence-electron chi connectivity index (χ3n) is 3.81. The molecule has 0 aliphatic heterocycles. The van der Waals surface area contributed by atoms with Gasteiger partial charge in [-0.05, 0) is 43.2 Å². The highest BCUT2D eigenvalue weighted by Gasteiger charge is 2.17. The van der Waals surface area contributed by atoms with Crippen LogP contribution in [-0.4, -0.2) is 29.8 Å². The van der Waals surface area contributed by atoms with Crippen molar-refractivity contribution in [3.05, 3.63) is 62.5 Å². The van der Waals surface area contributed by atoms with Crippen LogP contribution in [0.2, 0.25) is 10.0 Å². The average molecular weight is 458 g/mol. The molecule has 2 rings (SSSR count). The lowest BCUT2D eigenvalue weighted by Gasteiger charge is -2.21. The van der Waals surface area contributed by atoms with Crippen molar-refractivity contribution in [1.29, 1.82) is 0 Å². The van der Waals surface area contributed by atoms with Gasteiger partial charge in [0.25, 0.3) is 0 Å². The van der Waals surface area contributed by atoms with Crippen LogP contribution in [0.5, 0.6) is 0 Å². The average Bonchev–Trinajstić information content (AvgIpc) is 2.61. The molecule has 0 aliphatic carbocycles. The van der Waals surface area contributed by atoms with Gasteiger partial charge in [-0.25, -0.2) is 0 Å². The molecule has 2 aromatic rings. The largest absolute Gasteiger partial charge is 0.334 e. The zero-order chi connectivity index (χ0) is 19.1. The van der Waals surface area contributed by atoms with Gasteiger partial charge in [0, 0.05) is 17.4 Å². The Hall–Kier alpha value is -1.56. The number of rotatable bonds is 7. The van der Waals surface area contributed by atoms with Gasteiger partial charge in [-0.1, -0.05) is 57.3 Å². The second-order valence-corrected chi connectivity index (χ2v) is 7.41. The van der Waals surface area contributed by atoms with Gasteiger partial charge in [0.15, 0.2) is 0 Å². The lowest BCUT2D eigenvalue weighted by Crippen LogP contribution is -2.38. The molecular formula is C19H19BrCl2N2O2. The van der Waals surface area contributed by atoms with Crippen LogP contribution in [0.1, 0.15) is 18.9 Å². The van der Waals surface area contributed by atoms with E-state index in [0.29, 0.717) is 35.1 Å². The predicted octanol–water partition coefficient (Wildman–Crippen LogP) is 5.18. The second-order valence-electron chi connectivity index (χ2n) is 5.68. The predicted molar refractivity (Wildman–Crippen MR) is 110 cm³/mol. The Bertz CT molecular complexity index is 779. The minimum Gasteiger partial charge on any atom is -0.334 e. The number of amides is 2. The number of nitrogens with zero attached hydrogens (tertiary/aromatic N) is 1. The van der Waals surface area contributed by atoms with Crippen molar-refractivity contribution in [2.45, 2.75) is 19.8 Å². The van der Waals surface area contributed by atoms with Crippen molar-refractivity contribution in [3.63, 3.8) is 0 Å². The first-order valence-electron chi connectivity index (χ1n) is 8.16. The molecule has 0 saturated heterocycles. The van der Waals surface area contributed by atoms with Crippen LogP contribution < -0.4 is 5.32 Å². The van der Waals surface area contributed by atoms with Gasteiger partial charge in [0.1, 0.15) is 0 Å². The fourth-order valence-electron chi connectivity index (χ4n) is 2.45. The van der Waals surface area contributed by atoms with Gasteiger partial charge >= 0.3 is 0 Å². The van der Waals surface area contributed by atoms with Crippen molar-refractivity contribution in [2.75, 3.05) is 18.4 Å². The highest BCUT2D eigenvalue weighted by atomic mass is 79.9. The Kier molecular flexibility index (Phi) is 7.94. The number of hydrogen-bond donors (Lipinski definition) is 1. The molecule has 0 atom stereocenters. The van der Waals surface area contributed by atoms with Gasteiger partial charge in [-0.15, -0.1) is 0 Å². The molecule has 7 heteroatoms. The van der Waals surface area contributed by atoms with Crippen LogP contribution in [0.3, 0.4) is 0 Å². The standard InChI is InChI=1S/C19H19BrCl2N2O2/c1-2-24(18(26)10-9-13-5-3-6-14(20)11-13)12-17(25)23-19-15(21)7-4-8-16(19)22/h3-8,11H,2,9-10,12H2,1H3,(H,23,25). The first-order valence-corrected chi connectivity index (χ1v) is 9.71. The van der Waals surface area contributed by atoms with Gasteiger partial charge in [0.05, 0.1) is 22.3 Å². The van der Waals surface area contributed by atoms with Crippen LogP contribution in [-0.2, 0) is 16.0 Å². The van der Waals surface area contributed by atoms with Gasteiger partial charge in [-0.2, -0.15) is 0 Å². The summed E-state index contributed by atoms with van der Waals surface area (Å²) in [7, 11) is 0. The summed E-state index contributed by atoms with van der Waals surface area (Å²) in [6.45, 7) is 2.24. The van der Waals surface area contributed by atoms with Gasteiger partial charge < -0.3 is 10.2 Å². The molecule has 0 saturated carbocycles. The van der Waals surface area contributed by atoms with Crippen molar-refractivity contribution in [2.24, 2.45) is 0 Å². The molecule has 26 heavy (non-hydrogen) atoms. The van der Waals surface area contributed by atoms with E-state index in [4.69, 9.17) is 23.2 Å². The van der Waals surface area contributed by atoms with E-state index in [9.17, 15) is 9.59 Å². The van der Waals surface area contributed by atoms with Crippen molar-refractivity contribution in [1.82, 2.24) is 4.90 Å². The summed E-state index contributed by atoms with van der Waals surface area (Å²) in [6, 6.07) is 12.8. The van der Waals surface area contributed by atoms with E-state index < -0.39 is 0 Å². The maximum atomic E-state index is 12.4. The summed E-state index contributed by atoms with van der Waals surface area (Å²) >= 11 is 15.5. The fraction of sp³-hybridized carbons (Fsp3) is 0.263. The third-order valence-corrected chi connectivity index (χ3v) is 4.94. The van der Waals surface area contributed by atoms with E-state index >= 15 is 0 Å². The minimum atomic E-state index is -0.336. The third kappa shape index (κ3) is 6.01. The van der Waals surface area contributed by atoms with E-state index in [1.54, 1.807) is 18.2 Å². The number of likely N-dealkylation sites (N-methyl/N-ethyl adjacent to an activating group) is 1. The zero-order valence-electron chi connectivity index (χ0n) is 14.3. The molecule has 138 valence electrons. The van der Waals surface area contributed by atoms with E-state index in [-0.39, 0.29) is 18.4 Å². The highest BCUT2D eigenvalue weighted by molar-refractivity contribution is 9.10. The first-order chi connectivity index (χ1) is 12.4. The van der Waals surface area contributed by atoms with Crippen molar-refractivity contribution in [3.8, 4) is 0 Å². The number of anilines is 1. The Balaban J connectivity index is 1.93. The molecule has 2 amide bonds. The molecule has 4 nitrogen and oxygen atoms in total. The van der Waals surface area contributed by atoms with E-state index in [2.05, 4.69) is 21.2 Å². The molecule has 0 unspecified atom stereocenters. The number of benzene rings is 2. The van der Waals surface area contributed by atoms with Crippen molar-refractivity contribution < 1.29 is 9.59 Å². The first kappa shape index (κ1) is 20.7. The summed E-state index contributed by atoms with van der Waals surface area (Å²) in [5.74, 6) is -0.412. The Morgan fingerprint density at radius 3 is 2.38 bits per heavy atom. The second kappa shape index (κ2) is 9.95. The monoisotopic (exact) mass is 456 g/mol. The SMILES string of the molecule is CCN(CC(=O)Nc1c(Cl)cccc1Cl)C(=O)CCc1cccc(Br)c1. The number of carbonyl (C=O) groups is 2. The summed E-state index contributed by atoms with van der Waals surface area (Å²) in [5, 5.41) is 3.39. The quantitative estimate of drug-likeness (QED) is 0.622. The van der Waals surface area contributed by atoms with E-state index in [1.807, 2.05) is 31.2 Å². The van der Waals surface area contributed by atoms with Crippen LogP contribution in [0, 0.1) is 0 Å². The molecule has 0 aliphatic rings. The number of carbonyl (C=O) groups excluding carboxylic acids is 2. The molecule has 0 aromatic heterocycles. The summed E-state index contributed by atoms with van der Waals surface area (Å²) in [5.41, 5.74) is 1.43. The zero-order valence-corrected chi connectivity index (χ0v) is 17.4. The molecule has 0 radical (unpaired) electrons. The minimum absolute atomic E-state index is 0.0463. The Morgan fingerprint density at radius 2 is 1.77 bits per heavy atom. The van der Waals surface area contributed by atoms with Gasteiger partial charge in [-0.3, -0.25) is 9.59 Å². The molecular weight excluding hydrogens is 439 g/mol. The summed E-state index contributed by atoms with van der Waals surface area (Å²) in [4.78, 5) is 26.2. The summed E-state index contributed by atoms with van der Waals surface area (Å²) < 4.78 is 0.978. The number of halogens is 3. The lowest BCUT2D eigenvalue weighted by molar-refractivity contribution is -0.134. The van der Waals surface area contributed by atoms with Gasteiger partial charge in [0.2, 0.25) is 11.8 Å². The Labute approximate surface area is 171 Å². The highest BCUT2D eigenvalue weighted by Crippen LogP contribution is 2.29. The van der Waals surface area contributed by atoms with Crippen LogP contribution in [0.4, 0.5) is 5.69 Å². The normalized spacial score (nSPS) is 10.5.